The van der Waals surface area contributed by atoms with Crippen molar-refractivity contribution in [2.45, 2.75) is 19.8 Å². The van der Waals surface area contributed by atoms with Crippen LogP contribution in [0.5, 0.6) is 11.5 Å². The van der Waals surface area contributed by atoms with Crippen molar-refractivity contribution in [1.29, 1.82) is 5.26 Å². The van der Waals surface area contributed by atoms with Gasteiger partial charge in [0.25, 0.3) is 5.69 Å². The van der Waals surface area contributed by atoms with E-state index in [0.717, 1.165) is 36.3 Å². The number of nitro benzene ring substituents is 1. The summed E-state index contributed by atoms with van der Waals surface area (Å²) in [6.45, 7) is 3.70. The van der Waals surface area contributed by atoms with Crippen LogP contribution in [0.15, 0.2) is 89.4 Å². The van der Waals surface area contributed by atoms with Crippen LogP contribution < -0.4 is 15.4 Å². The molecule has 4 rings (SSSR count). The monoisotopic (exact) mass is 554 g/mol. The van der Waals surface area contributed by atoms with Crippen molar-refractivity contribution in [3.63, 3.8) is 0 Å². The number of nitro groups is 1. The molecule has 208 valence electrons. The van der Waals surface area contributed by atoms with Crippen LogP contribution in [0, 0.1) is 35.3 Å². The summed E-state index contributed by atoms with van der Waals surface area (Å²) in [6, 6.07) is 19.9. The first-order valence-corrected chi connectivity index (χ1v) is 12.3. The molecule has 11 heteroatoms. The summed E-state index contributed by atoms with van der Waals surface area (Å²) >= 11 is 0. The number of allylic oxidation sites excluding steroid dienone is 1. The Morgan fingerprint density at radius 2 is 1.68 bits per heavy atom. The number of aryl methyl sites for hydroxylation is 2. The minimum Gasteiger partial charge on any atom is -0.466 e. The second kappa shape index (κ2) is 11.6. The summed E-state index contributed by atoms with van der Waals surface area (Å²) in [6.07, 6.45) is 0. The van der Waals surface area contributed by atoms with E-state index >= 15 is 0 Å². The van der Waals surface area contributed by atoms with Crippen LogP contribution >= 0.6 is 0 Å². The second-order valence-electron chi connectivity index (χ2n) is 9.15. The number of ether oxygens (including phenoxy) is 3. The van der Waals surface area contributed by atoms with Gasteiger partial charge in [0.2, 0.25) is 0 Å². The number of methoxy groups -OCH3 is 2. The minimum atomic E-state index is -1.08. The Labute approximate surface area is 235 Å². The Morgan fingerprint density at radius 3 is 2.29 bits per heavy atom. The summed E-state index contributed by atoms with van der Waals surface area (Å²) in [5, 5.41) is 22.2. The Bertz CT molecular complexity index is 1650. The zero-order valence-corrected chi connectivity index (χ0v) is 22.7. The lowest BCUT2D eigenvalue weighted by Crippen LogP contribution is -2.40. The summed E-state index contributed by atoms with van der Waals surface area (Å²) in [7, 11) is 2.25. The molecular weight excluding hydrogens is 528 g/mol. The molecular formula is C30H26N4O7. The van der Waals surface area contributed by atoms with E-state index < -0.39 is 22.8 Å². The first kappa shape index (κ1) is 28.4. The van der Waals surface area contributed by atoms with Crippen molar-refractivity contribution in [3.8, 4) is 17.6 Å². The fraction of sp³-hybridized carbons (Fsp3) is 0.167. The Balaban J connectivity index is 2.03. The number of anilines is 1. The number of carbonyl (C=O) groups is 2. The molecule has 1 atom stereocenters. The van der Waals surface area contributed by atoms with E-state index in [1.807, 2.05) is 32.0 Å². The summed E-state index contributed by atoms with van der Waals surface area (Å²) in [5.41, 5.74) is 7.65. The van der Waals surface area contributed by atoms with Crippen molar-refractivity contribution in [2.75, 3.05) is 19.1 Å². The molecule has 0 saturated heterocycles. The van der Waals surface area contributed by atoms with E-state index in [9.17, 15) is 25.0 Å². The lowest BCUT2D eigenvalue weighted by Gasteiger charge is -2.35. The number of esters is 2. The average Bonchev–Trinajstić information content (AvgIpc) is 2.97. The first-order valence-electron chi connectivity index (χ1n) is 12.3. The van der Waals surface area contributed by atoms with Crippen molar-refractivity contribution < 1.29 is 28.7 Å². The number of nitriles is 1. The van der Waals surface area contributed by atoms with Crippen LogP contribution in [0.3, 0.4) is 0 Å². The SMILES string of the molecule is COC(=O)C1=C(C(=O)OC)N(c2cc(Oc3cc(C)ccc3C)cc([N+](=O)[O-])c2)C(N)=C(C#N)C1c1ccccc1. The second-order valence-corrected chi connectivity index (χ2v) is 9.15. The third kappa shape index (κ3) is 5.44. The maximum absolute atomic E-state index is 13.3. The first-order chi connectivity index (χ1) is 19.6. The van der Waals surface area contributed by atoms with Gasteiger partial charge in [-0.25, -0.2) is 9.59 Å². The van der Waals surface area contributed by atoms with Gasteiger partial charge in [0, 0.05) is 12.1 Å². The highest BCUT2D eigenvalue weighted by Gasteiger charge is 2.43. The molecule has 0 amide bonds. The van der Waals surface area contributed by atoms with Gasteiger partial charge in [-0.05, 0) is 36.6 Å². The van der Waals surface area contributed by atoms with Crippen LogP contribution in [-0.2, 0) is 19.1 Å². The number of rotatable bonds is 7. The van der Waals surface area contributed by atoms with Gasteiger partial charge in [0.15, 0.2) is 0 Å². The lowest BCUT2D eigenvalue weighted by molar-refractivity contribution is -0.384. The average molecular weight is 555 g/mol. The molecule has 3 aromatic rings. The third-order valence-corrected chi connectivity index (χ3v) is 6.53. The molecule has 0 fully saturated rings. The topological polar surface area (TPSA) is 158 Å². The van der Waals surface area contributed by atoms with Gasteiger partial charge in [0.05, 0.1) is 54.0 Å². The lowest BCUT2D eigenvalue weighted by atomic mass is 9.81. The third-order valence-electron chi connectivity index (χ3n) is 6.53. The van der Waals surface area contributed by atoms with E-state index in [1.165, 1.54) is 12.1 Å². The Morgan fingerprint density at radius 1 is 1.00 bits per heavy atom. The number of non-ortho nitro benzene ring substituents is 1. The zero-order chi connectivity index (χ0) is 29.8. The number of hydrogen-bond donors (Lipinski definition) is 1. The van der Waals surface area contributed by atoms with Crippen molar-refractivity contribution in [1.82, 2.24) is 0 Å². The molecule has 0 saturated carbocycles. The van der Waals surface area contributed by atoms with Gasteiger partial charge < -0.3 is 19.9 Å². The van der Waals surface area contributed by atoms with Gasteiger partial charge in [-0.1, -0.05) is 42.5 Å². The number of hydrogen-bond acceptors (Lipinski definition) is 10. The molecule has 2 N–H and O–H groups in total. The molecule has 0 spiro atoms. The maximum Gasteiger partial charge on any atom is 0.355 e. The summed E-state index contributed by atoms with van der Waals surface area (Å²) in [5.74, 6) is -2.69. The minimum absolute atomic E-state index is 0.0157. The molecule has 11 nitrogen and oxygen atoms in total. The van der Waals surface area contributed by atoms with Crippen LogP contribution in [0.2, 0.25) is 0 Å². The highest BCUT2D eigenvalue weighted by molar-refractivity contribution is 6.06. The van der Waals surface area contributed by atoms with E-state index in [2.05, 4.69) is 0 Å². The Kier molecular flexibility index (Phi) is 8.05. The number of carbonyl (C=O) groups excluding carboxylic acids is 2. The quantitative estimate of drug-likeness (QED) is 0.242. The molecule has 0 aliphatic carbocycles. The van der Waals surface area contributed by atoms with Crippen LogP contribution in [0.25, 0.3) is 0 Å². The van der Waals surface area contributed by atoms with Gasteiger partial charge in [-0.15, -0.1) is 0 Å². The number of nitrogens with two attached hydrogens (primary N) is 1. The van der Waals surface area contributed by atoms with E-state index in [-0.39, 0.29) is 39.8 Å². The Hall–Kier alpha value is -5.63. The van der Waals surface area contributed by atoms with Gasteiger partial charge in [-0.2, -0.15) is 5.26 Å². The largest absolute Gasteiger partial charge is 0.466 e. The van der Waals surface area contributed by atoms with Crippen LogP contribution in [0.4, 0.5) is 11.4 Å². The number of nitrogens with zero attached hydrogens (tertiary/aromatic N) is 3. The van der Waals surface area contributed by atoms with E-state index in [4.69, 9.17) is 19.9 Å². The maximum atomic E-state index is 13.3. The molecule has 1 unspecified atom stereocenters. The summed E-state index contributed by atoms with van der Waals surface area (Å²) in [4.78, 5) is 39.0. The van der Waals surface area contributed by atoms with Crippen LogP contribution in [0.1, 0.15) is 22.6 Å². The fourth-order valence-electron chi connectivity index (χ4n) is 4.59. The smallest absolute Gasteiger partial charge is 0.355 e. The fourth-order valence-corrected chi connectivity index (χ4v) is 4.59. The van der Waals surface area contributed by atoms with Crippen molar-refractivity contribution >= 4 is 23.3 Å². The molecule has 1 heterocycles. The van der Waals surface area contributed by atoms with Crippen molar-refractivity contribution in [3.05, 3.63) is 116 Å². The van der Waals surface area contributed by atoms with Crippen molar-refractivity contribution in [2.24, 2.45) is 5.73 Å². The molecule has 1 aliphatic rings. The molecule has 3 aromatic carbocycles. The van der Waals surface area contributed by atoms with E-state index in [0.29, 0.717) is 11.3 Å². The predicted octanol–water partition coefficient (Wildman–Crippen LogP) is 4.90. The number of benzene rings is 3. The normalized spacial score (nSPS) is 14.8. The van der Waals surface area contributed by atoms with E-state index in [1.54, 1.807) is 36.4 Å². The zero-order valence-electron chi connectivity index (χ0n) is 22.7. The molecule has 1 aliphatic heterocycles. The summed E-state index contributed by atoms with van der Waals surface area (Å²) < 4.78 is 16.1. The highest BCUT2D eigenvalue weighted by Crippen LogP contribution is 2.44. The van der Waals surface area contributed by atoms with Crippen LogP contribution in [-0.4, -0.2) is 31.1 Å². The molecule has 41 heavy (non-hydrogen) atoms. The molecule has 0 radical (unpaired) electrons. The highest BCUT2D eigenvalue weighted by atomic mass is 16.6. The molecule has 0 aromatic heterocycles. The van der Waals surface area contributed by atoms with Gasteiger partial charge in [0.1, 0.15) is 23.0 Å². The molecule has 0 bridgehead atoms. The van der Waals surface area contributed by atoms with Gasteiger partial charge in [-0.3, -0.25) is 15.0 Å². The standard InChI is InChI=1S/C30H26N4O7/c1-17-10-11-18(2)24(12-17)41-22-14-20(13-21(15-22)34(37)38)33-27(30(36)40-4)26(29(35)39-3)25(23(16-31)28(33)32)19-8-6-5-7-9-19/h5-15,25H,32H2,1-4H3. The predicted molar refractivity (Wildman–Crippen MR) is 149 cm³/mol. The van der Waals surface area contributed by atoms with Gasteiger partial charge >= 0.3 is 11.9 Å².